The second kappa shape index (κ2) is 5.52. The second-order valence-corrected chi connectivity index (χ2v) is 3.74. The number of hydrogen-bond donors (Lipinski definition) is 1. The molecule has 0 atom stereocenters. The largest absolute Gasteiger partial charge is 0.384 e. The lowest BCUT2D eigenvalue weighted by Gasteiger charge is -2.02. The third-order valence-electron chi connectivity index (χ3n) is 1.58. The molecule has 0 aromatic carbocycles. The summed E-state index contributed by atoms with van der Waals surface area (Å²) in [7, 11) is 1.57. The Morgan fingerprint density at radius 1 is 1.67 bits per heavy atom. The van der Waals surface area contributed by atoms with E-state index in [2.05, 4.69) is 4.98 Å². The number of anilines is 1. The fourth-order valence-electron chi connectivity index (χ4n) is 0.914. The van der Waals surface area contributed by atoms with Crippen molar-refractivity contribution < 1.29 is 9.66 Å². The van der Waals surface area contributed by atoms with Gasteiger partial charge in [0, 0.05) is 18.9 Å². The zero-order valence-electron chi connectivity index (χ0n) is 8.17. The van der Waals surface area contributed by atoms with Gasteiger partial charge in [-0.05, 0) is 6.07 Å². The minimum absolute atomic E-state index is 0.0229. The van der Waals surface area contributed by atoms with Crippen LogP contribution >= 0.6 is 11.8 Å². The molecule has 0 amide bonds. The smallest absolute Gasteiger partial charge is 0.301 e. The number of ether oxygens (including phenoxy) is 1. The SMILES string of the molecule is COCCSc1nc(N)ccc1[N+](=O)[O-]. The van der Waals surface area contributed by atoms with Gasteiger partial charge in [0.1, 0.15) is 5.82 Å². The molecule has 1 aromatic rings. The lowest BCUT2D eigenvalue weighted by molar-refractivity contribution is -0.388. The minimum atomic E-state index is -0.471. The molecular formula is C8H11N3O3S. The fraction of sp³-hybridized carbons (Fsp3) is 0.375. The van der Waals surface area contributed by atoms with Crippen molar-refractivity contribution in [1.29, 1.82) is 0 Å². The maximum atomic E-state index is 10.6. The lowest BCUT2D eigenvalue weighted by atomic mass is 10.4. The first-order valence-electron chi connectivity index (χ1n) is 4.18. The molecule has 1 heterocycles. The molecule has 0 radical (unpaired) electrons. The normalized spacial score (nSPS) is 10.2. The van der Waals surface area contributed by atoms with E-state index in [-0.39, 0.29) is 11.5 Å². The van der Waals surface area contributed by atoms with Crippen LogP contribution in [-0.4, -0.2) is 29.4 Å². The van der Waals surface area contributed by atoms with Crippen LogP contribution in [0.2, 0.25) is 0 Å². The van der Waals surface area contributed by atoms with Crippen molar-refractivity contribution in [2.24, 2.45) is 0 Å². The highest BCUT2D eigenvalue weighted by molar-refractivity contribution is 7.99. The molecule has 1 rings (SSSR count). The van der Waals surface area contributed by atoms with Gasteiger partial charge in [-0.25, -0.2) is 4.98 Å². The van der Waals surface area contributed by atoms with E-state index in [1.165, 1.54) is 23.9 Å². The second-order valence-electron chi connectivity index (χ2n) is 2.66. The topological polar surface area (TPSA) is 91.3 Å². The van der Waals surface area contributed by atoms with E-state index < -0.39 is 4.92 Å². The Hall–Kier alpha value is -1.34. The summed E-state index contributed by atoms with van der Waals surface area (Å²) in [5.74, 6) is 0.883. The van der Waals surface area contributed by atoms with Crippen molar-refractivity contribution >= 4 is 23.3 Å². The first-order chi connectivity index (χ1) is 7.15. The van der Waals surface area contributed by atoms with Gasteiger partial charge in [0.25, 0.3) is 0 Å². The minimum Gasteiger partial charge on any atom is -0.384 e. The van der Waals surface area contributed by atoms with Gasteiger partial charge in [0.2, 0.25) is 0 Å². The van der Waals surface area contributed by atoms with Crippen LogP contribution < -0.4 is 5.73 Å². The third kappa shape index (κ3) is 3.37. The number of rotatable bonds is 5. The van der Waals surface area contributed by atoms with Crippen LogP contribution in [0.5, 0.6) is 0 Å². The number of nitro groups is 1. The molecule has 1 aromatic heterocycles. The molecule has 0 aliphatic carbocycles. The van der Waals surface area contributed by atoms with Crippen LogP contribution in [0.25, 0.3) is 0 Å². The quantitative estimate of drug-likeness (QED) is 0.354. The summed E-state index contributed by atoms with van der Waals surface area (Å²) in [6.45, 7) is 0.512. The Morgan fingerprint density at radius 2 is 2.40 bits per heavy atom. The number of nitrogens with zero attached hydrogens (tertiary/aromatic N) is 2. The summed E-state index contributed by atoms with van der Waals surface area (Å²) in [5.41, 5.74) is 5.43. The molecule has 0 saturated heterocycles. The molecule has 6 nitrogen and oxygen atoms in total. The summed E-state index contributed by atoms with van der Waals surface area (Å²) in [6.07, 6.45) is 0. The van der Waals surface area contributed by atoms with E-state index in [0.717, 1.165) is 0 Å². The predicted molar refractivity (Wildman–Crippen MR) is 57.9 cm³/mol. The molecule has 2 N–H and O–H groups in total. The van der Waals surface area contributed by atoms with Gasteiger partial charge >= 0.3 is 5.69 Å². The Kier molecular flexibility index (Phi) is 4.32. The number of thioether (sulfide) groups is 1. The van der Waals surface area contributed by atoms with Crippen LogP contribution in [0, 0.1) is 10.1 Å². The molecule has 0 fully saturated rings. The Morgan fingerprint density at radius 3 is 3.00 bits per heavy atom. The Bertz CT molecular complexity index is 359. The highest BCUT2D eigenvalue weighted by atomic mass is 32.2. The van der Waals surface area contributed by atoms with Crippen LogP contribution in [0.15, 0.2) is 17.2 Å². The first kappa shape index (κ1) is 11.7. The van der Waals surface area contributed by atoms with Gasteiger partial charge in [0.05, 0.1) is 11.5 Å². The summed E-state index contributed by atoms with van der Waals surface area (Å²) < 4.78 is 4.84. The predicted octanol–water partition coefficient (Wildman–Crippen LogP) is 1.31. The standard InChI is InChI=1S/C8H11N3O3S/c1-14-4-5-15-8-6(11(12)13)2-3-7(9)10-8/h2-3H,4-5H2,1H3,(H2,9,10). The molecule has 7 heteroatoms. The molecule has 15 heavy (non-hydrogen) atoms. The average molecular weight is 229 g/mol. The summed E-state index contributed by atoms with van der Waals surface area (Å²) >= 11 is 1.26. The summed E-state index contributed by atoms with van der Waals surface area (Å²) in [4.78, 5) is 14.1. The van der Waals surface area contributed by atoms with Crippen molar-refractivity contribution in [3.63, 3.8) is 0 Å². The number of hydrogen-bond acceptors (Lipinski definition) is 6. The number of nitrogens with two attached hydrogens (primary N) is 1. The van der Waals surface area contributed by atoms with Gasteiger partial charge in [-0.2, -0.15) is 0 Å². The van der Waals surface area contributed by atoms with Crippen LogP contribution in [-0.2, 0) is 4.74 Å². The van der Waals surface area contributed by atoms with Crippen molar-refractivity contribution in [3.8, 4) is 0 Å². The number of pyridine rings is 1. The first-order valence-corrected chi connectivity index (χ1v) is 5.16. The average Bonchev–Trinajstić information content (AvgIpc) is 2.18. The van der Waals surface area contributed by atoms with E-state index in [9.17, 15) is 10.1 Å². The van der Waals surface area contributed by atoms with Gasteiger partial charge in [-0.1, -0.05) is 11.8 Å². The summed E-state index contributed by atoms with van der Waals surface area (Å²) in [5, 5.41) is 11.0. The Labute approximate surface area is 91.0 Å². The highest BCUT2D eigenvalue weighted by Crippen LogP contribution is 2.27. The van der Waals surface area contributed by atoms with Crippen molar-refractivity contribution in [2.45, 2.75) is 5.03 Å². The van der Waals surface area contributed by atoms with Crippen LogP contribution in [0.1, 0.15) is 0 Å². The molecule has 0 unspecified atom stereocenters. The zero-order chi connectivity index (χ0) is 11.3. The highest BCUT2D eigenvalue weighted by Gasteiger charge is 2.15. The van der Waals surface area contributed by atoms with Crippen LogP contribution in [0.4, 0.5) is 11.5 Å². The van der Waals surface area contributed by atoms with Crippen molar-refractivity contribution in [1.82, 2.24) is 4.98 Å². The maximum Gasteiger partial charge on any atom is 0.301 e. The third-order valence-corrected chi connectivity index (χ3v) is 2.53. The molecule has 0 saturated carbocycles. The number of aromatic nitrogens is 1. The summed E-state index contributed by atoms with van der Waals surface area (Å²) in [6, 6.07) is 2.77. The van der Waals surface area contributed by atoms with E-state index in [1.807, 2.05) is 0 Å². The molecule has 0 aliphatic heterocycles. The number of nitrogen functional groups attached to an aromatic ring is 1. The van der Waals surface area contributed by atoms with Crippen molar-refractivity contribution in [2.75, 3.05) is 25.2 Å². The van der Waals surface area contributed by atoms with Crippen molar-refractivity contribution in [3.05, 3.63) is 22.2 Å². The van der Waals surface area contributed by atoms with E-state index >= 15 is 0 Å². The van der Waals surface area contributed by atoms with Gasteiger partial charge in [-0.3, -0.25) is 10.1 Å². The lowest BCUT2D eigenvalue weighted by Crippen LogP contribution is -1.99. The van der Waals surface area contributed by atoms with E-state index in [0.29, 0.717) is 17.4 Å². The molecule has 0 aliphatic rings. The number of methoxy groups -OCH3 is 1. The monoisotopic (exact) mass is 229 g/mol. The zero-order valence-corrected chi connectivity index (χ0v) is 8.99. The van der Waals surface area contributed by atoms with Crippen LogP contribution in [0.3, 0.4) is 0 Å². The Balaban J connectivity index is 2.82. The van der Waals surface area contributed by atoms with Gasteiger partial charge in [-0.15, -0.1) is 0 Å². The van der Waals surface area contributed by atoms with E-state index in [1.54, 1.807) is 7.11 Å². The fourth-order valence-corrected chi connectivity index (χ4v) is 1.82. The van der Waals surface area contributed by atoms with Gasteiger partial charge in [0.15, 0.2) is 5.03 Å². The molecule has 0 bridgehead atoms. The molecule has 82 valence electrons. The molecule has 0 spiro atoms. The van der Waals surface area contributed by atoms with E-state index in [4.69, 9.17) is 10.5 Å². The van der Waals surface area contributed by atoms with Gasteiger partial charge < -0.3 is 10.5 Å². The molecular weight excluding hydrogens is 218 g/mol. The maximum absolute atomic E-state index is 10.6.